The standard InChI is InChI=1S/C19H18N4O4/c1-13-17(11-20-12-18(24)14-5-3-2-4-6-14)19(25)22(21-13)15-7-9-16(10-8-15)23(26)27/h2-11,17-18,24H,12H2,1H3/t17-,18-/m0/s1. The SMILES string of the molecule is CC1=NN(c2ccc([N+](=O)[O-])cc2)C(=O)[C@H]1C=NC[C@H](O)c1ccccc1. The summed E-state index contributed by atoms with van der Waals surface area (Å²) in [4.78, 5) is 27.0. The number of non-ortho nitro benzene ring substituents is 1. The van der Waals surface area contributed by atoms with Crippen LogP contribution in [-0.4, -0.2) is 34.4 Å². The Morgan fingerprint density at radius 2 is 1.93 bits per heavy atom. The highest BCUT2D eigenvalue weighted by Gasteiger charge is 2.33. The second kappa shape index (κ2) is 7.88. The highest BCUT2D eigenvalue weighted by Crippen LogP contribution is 2.25. The molecule has 0 saturated heterocycles. The van der Waals surface area contributed by atoms with Gasteiger partial charge in [0.25, 0.3) is 11.6 Å². The molecule has 0 spiro atoms. The lowest BCUT2D eigenvalue weighted by Crippen LogP contribution is -2.28. The quantitative estimate of drug-likeness (QED) is 0.482. The van der Waals surface area contributed by atoms with Crippen LogP contribution in [0.25, 0.3) is 0 Å². The molecule has 2 aromatic rings. The number of hydrogen-bond donors (Lipinski definition) is 1. The van der Waals surface area contributed by atoms with Crippen LogP contribution in [0.3, 0.4) is 0 Å². The van der Waals surface area contributed by atoms with Gasteiger partial charge in [-0.3, -0.25) is 19.9 Å². The number of carbonyl (C=O) groups excluding carboxylic acids is 1. The van der Waals surface area contributed by atoms with E-state index >= 15 is 0 Å². The van der Waals surface area contributed by atoms with Crippen molar-refractivity contribution in [2.45, 2.75) is 13.0 Å². The zero-order chi connectivity index (χ0) is 19.4. The number of aliphatic hydroxyl groups excluding tert-OH is 1. The van der Waals surface area contributed by atoms with Gasteiger partial charge in [0.05, 0.1) is 29.0 Å². The van der Waals surface area contributed by atoms with Crippen LogP contribution in [0.2, 0.25) is 0 Å². The Kier molecular flexibility index (Phi) is 5.37. The van der Waals surface area contributed by atoms with Crippen LogP contribution in [0.15, 0.2) is 64.7 Å². The average molecular weight is 366 g/mol. The molecule has 1 heterocycles. The smallest absolute Gasteiger partial charge is 0.269 e. The molecule has 0 saturated carbocycles. The number of nitrogens with zero attached hydrogens (tertiary/aromatic N) is 4. The molecule has 0 unspecified atom stereocenters. The first kappa shape index (κ1) is 18.4. The average Bonchev–Trinajstić information content (AvgIpc) is 2.97. The Morgan fingerprint density at radius 1 is 1.26 bits per heavy atom. The number of benzene rings is 2. The van der Waals surface area contributed by atoms with Crippen LogP contribution in [0.4, 0.5) is 11.4 Å². The van der Waals surface area contributed by atoms with Gasteiger partial charge < -0.3 is 5.11 Å². The number of carbonyl (C=O) groups is 1. The Bertz CT molecular complexity index is 894. The van der Waals surface area contributed by atoms with Crippen molar-refractivity contribution in [2.75, 3.05) is 11.6 Å². The van der Waals surface area contributed by atoms with Gasteiger partial charge in [-0.2, -0.15) is 10.1 Å². The highest BCUT2D eigenvalue weighted by atomic mass is 16.6. The number of aliphatic hydroxyl groups is 1. The van der Waals surface area contributed by atoms with Gasteiger partial charge in [-0.15, -0.1) is 0 Å². The maximum Gasteiger partial charge on any atom is 0.269 e. The number of hydrogen-bond acceptors (Lipinski definition) is 6. The normalized spacial score (nSPS) is 18.0. The van der Waals surface area contributed by atoms with Crippen LogP contribution >= 0.6 is 0 Å². The summed E-state index contributed by atoms with van der Waals surface area (Å²) in [5.74, 6) is -0.914. The van der Waals surface area contributed by atoms with Gasteiger partial charge in [-0.25, -0.2) is 0 Å². The summed E-state index contributed by atoms with van der Waals surface area (Å²) in [6, 6.07) is 14.8. The fourth-order valence-electron chi connectivity index (χ4n) is 2.70. The van der Waals surface area contributed by atoms with E-state index in [0.717, 1.165) is 5.56 Å². The number of rotatable bonds is 6. The van der Waals surface area contributed by atoms with Crippen molar-refractivity contribution in [3.8, 4) is 0 Å². The minimum atomic E-state index is -0.748. The summed E-state index contributed by atoms with van der Waals surface area (Å²) in [6.45, 7) is 1.85. The molecule has 0 fully saturated rings. The van der Waals surface area contributed by atoms with Gasteiger partial charge in [0, 0.05) is 18.3 Å². The Morgan fingerprint density at radius 3 is 2.56 bits per heavy atom. The first-order valence-corrected chi connectivity index (χ1v) is 8.34. The molecule has 8 nitrogen and oxygen atoms in total. The van der Waals surface area contributed by atoms with Crippen LogP contribution in [-0.2, 0) is 4.79 Å². The van der Waals surface area contributed by atoms with E-state index in [1.807, 2.05) is 30.3 Å². The van der Waals surface area contributed by atoms with Crippen molar-refractivity contribution in [2.24, 2.45) is 16.0 Å². The Labute approximate surface area is 155 Å². The maximum absolute atomic E-state index is 12.6. The number of nitro benzene ring substituents is 1. The molecule has 0 aliphatic carbocycles. The van der Waals surface area contributed by atoms with Crippen molar-refractivity contribution < 1.29 is 14.8 Å². The number of amides is 1. The molecule has 8 heteroatoms. The van der Waals surface area contributed by atoms with Gasteiger partial charge in [-0.05, 0) is 24.6 Å². The molecule has 27 heavy (non-hydrogen) atoms. The fourth-order valence-corrected chi connectivity index (χ4v) is 2.70. The van der Waals surface area contributed by atoms with Crippen molar-refractivity contribution in [3.63, 3.8) is 0 Å². The van der Waals surface area contributed by atoms with Crippen molar-refractivity contribution in [1.29, 1.82) is 0 Å². The van der Waals surface area contributed by atoms with Crippen LogP contribution in [0.1, 0.15) is 18.6 Å². The minimum Gasteiger partial charge on any atom is -0.386 e. The first-order chi connectivity index (χ1) is 13.0. The van der Waals surface area contributed by atoms with E-state index in [2.05, 4.69) is 10.1 Å². The number of anilines is 1. The third-order valence-corrected chi connectivity index (χ3v) is 4.20. The minimum absolute atomic E-state index is 0.0564. The first-order valence-electron chi connectivity index (χ1n) is 8.34. The summed E-state index contributed by atoms with van der Waals surface area (Å²) < 4.78 is 0. The zero-order valence-corrected chi connectivity index (χ0v) is 14.6. The molecule has 0 bridgehead atoms. The lowest BCUT2D eigenvalue weighted by atomic mass is 10.1. The molecular formula is C19H18N4O4. The predicted octanol–water partition coefficient (Wildman–Crippen LogP) is 2.74. The maximum atomic E-state index is 12.6. The van der Waals surface area contributed by atoms with Crippen LogP contribution < -0.4 is 5.01 Å². The van der Waals surface area contributed by atoms with Gasteiger partial charge in [0.15, 0.2) is 0 Å². The molecule has 138 valence electrons. The molecule has 2 aromatic carbocycles. The summed E-state index contributed by atoms with van der Waals surface area (Å²) in [7, 11) is 0. The zero-order valence-electron chi connectivity index (χ0n) is 14.6. The lowest BCUT2D eigenvalue weighted by Gasteiger charge is -2.12. The van der Waals surface area contributed by atoms with Gasteiger partial charge in [-0.1, -0.05) is 30.3 Å². The number of aliphatic imine (C=N–C) groups is 1. The van der Waals surface area contributed by atoms with E-state index < -0.39 is 16.9 Å². The van der Waals surface area contributed by atoms with Gasteiger partial charge in [0.2, 0.25) is 0 Å². The largest absolute Gasteiger partial charge is 0.386 e. The molecule has 1 aliphatic rings. The summed E-state index contributed by atoms with van der Waals surface area (Å²) in [5, 5.41) is 26.3. The predicted molar refractivity (Wildman–Crippen MR) is 102 cm³/mol. The monoisotopic (exact) mass is 366 g/mol. The van der Waals surface area contributed by atoms with E-state index in [0.29, 0.717) is 11.4 Å². The van der Waals surface area contributed by atoms with E-state index in [1.54, 1.807) is 6.92 Å². The van der Waals surface area contributed by atoms with Gasteiger partial charge in [0.1, 0.15) is 5.92 Å². The molecule has 1 amide bonds. The van der Waals surface area contributed by atoms with Crippen molar-refractivity contribution in [1.82, 2.24) is 0 Å². The molecule has 1 aliphatic heterocycles. The summed E-state index contributed by atoms with van der Waals surface area (Å²) in [6.07, 6.45) is 0.737. The van der Waals surface area contributed by atoms with E-state index in [9.17, 15) is 20.0 Å². The van der Waals surface area contributed by atoms with Crippen molar-refractivity contribution >= 4 is 29.2 Å². The second-order valence-electron chi connectivity index (χ2n) is 6.08. The number of hydrazone groups is 1. The summed E-state index contributed by atoms with van der Waals surface area (Å²) >= 11 is 0. The third kappa shape index (κ3) is 4.06. The lowest BCUT2D eigenvalue weighted by molar-refractivity contribution is -0.384. The van der Waals surface area contributed by atoms with E-state index in [4.69, 9.17) is 0 Å². The van der Waals surface area contributed by atoms with Crippen LogP contribution in [0.5, 0.6) is 0 Å². The second-order valence-corrected chi connectivity index (χ2v) is 6.08. The molecule has 0 aromatic heterocycles. The third-order valence-electron chi connectivity index (χ3n) is 4.20. The Balaban J connectivity index is 1.67. The van der Waals surface area contributed by atoms with Crippen molar-refractivity contribution in [3.05, 3.63) is 70.3 Å². The van der Waals surface area contributed by atoms with E-state index in [-0.39, 0.29) is 18.1 Å². The van der Waals surface area contributed by atoms with Gasteiger partial charge >= 0.3 is 0 Å². The Hall–Kier alpha value is -3.39. The topological polar surface area (TPSA) is 108 Å². The molecule has 3 rings (SSSR count). The highest BCUT2D eigenvalue weighted by molar-refractivity contribution is 6.23. The summed E-state index contributed by atoms with van der Waals surface area (Å²) in [5.41, 5.74) is 1.71. The molecule has 2 atom stereocenters. The fraction of sp³-hybridized carbons (Fsp3) is 0.211. The van der Waals surface area contributed by atoms with Crippen LogP contribution in [0, 0.1) is 16.0 Å². The molecule has 1 N–H and O–H groups in total. The molecular weight excluding hydrogens is 348 g/mol. The molecule has 0 radical (unpaired) electrons. The van der Waals surface area contributed by atoms with E-state index in [1.165, 1.54) is 35.5 Å². The number of nitro groups is 1.